The Morgan fingerprint density at radius 1 is 1.00 bits per heavy atom. The molecule has 2 heterocycles. The molecule has 0 saturated heterocycles. The highest BCUT2D eigenvalue weighted by atomic mass is 19.1. The van der Waals surface area contributed by atoms with Gasteiger partial charge in [0.05, 0.1) is 29.5 Å². The average molecular weight is 351 g/mol. The Bertz CT molecular complexity index is 1130. The molecule has 0 saturated carbocycles. The van der Waals surface area contributed by atoms with Gasteiger partial charge in [-0.25, -0.2) is 14.4 Å². The molecule has 132 valence electrons. The Kier molecular flexibility index (Phi) is 4.22. The van der Waals surface area contributed by atoms with Gasteiger partial charge in [-0.05, 0) is 30.8 Å². The molecule has 0 spiro atoms. The van der Waals surface area contributed by atoms with Crippen LogP contribution in [0.5, 0.6) is 0 Å². The predicted molar refractivity (Wildman–Crippen MR) is 98.2 cm³/mol. The molecule has 0 atom stereocenters. The van der Waals surface area contributed by atoms with E-state index in [1.165, 1.54) is 6.07 Å². The van der Waals surface area contributed by atoms with Crippen molar-refractivity contribution in [2.75, 3.05) is 6.54 Å². The molecule has 2 aromatic heterocycles. The number of rotatable bonds is 5. The molecule has 26 heavy (non-hydrogen) atoms. The molecule has 2 aromatic carbocycles. The monoisotopic (exact) mass is 351 g/mol. The molecule has 4 rings (SSSR count). The standard InChI is InChI=1S/C19H18FN5O/c1-2-25(10-16-22-15-9-5-7-13(20)18(15)23-16)11-17-21-14-8-4-3-6-12(14)19(26)24-17/h3-9H,2,10-11H2,1H3,(H,22,23)(H,21,24,26). The van der Waals surface area contributed by atoms with Crippen molar-refractivity contribution in [1.82, 2.24) is 24.8 Å². The summed E-state index contributed by atoms with van der Waals surface area (Å²) in [5.74, 6) is 0.932. The summed E-state index contributed by atoms with van der Waals surface area (Å²) in [6.07, 6.45) is 0. The molecule has 0 aliphatic carbocycles. The maximum atomic E-state index is 13.8. The number of fused-ring (bicyclic) bond motifs is 2. The van der Waals surface area contributed by atoms with Crippen LogP contribution in [-0.2, 0) is 13.1 Å². The third-order valence-corrected chi connectivity index (χ3v) is 4.37. The number of aromatic nitrogens is 4. The Morgan fingerprint density at radius 2 is 1.77 bits per heavy atom. The number of H-pyrrole nitrogens is 2. The van der Waals surface area contributed by atoms with E-state index in [0.29, 0.717) is 46.7 Å². The van der Waals surface area contributed by atoms with Crippen LogP contribution in [0.2, 0.25) is 0 Å². The van der Waals surface area contributed by atoms with Crippen LogP contribution in [0.1, 0.15) is 18.6 Å². The largest absolute Gasteiger partial charge is 0.341 e. The SMILES string of the molecule is CCN(Cc1nc2ccccc2c(=O)[nH]1)Cc1nc2c(F)cccc2[nH]1. The van der Waals surface area contributed by atoms with E-state index in [4.69, 9.17) is 0 Å². The summed E-state index contributed by atoms with van der Waals surface area (Å²) in [5.41, 5.74) is 1.55. The second kappa shape index (κ2) is 6.68. The number of imidazole rings is 1. The van der Waals surface area contributed by atoms with Gasteiger partial charge in [0.2, 0.25) is 0 Å². The Morgan fingerprint density at radius 3 is 2.54 bits per heavy atom. The van der Waals surface area contributed by atoms with Gasteiger partial charge in [0.15, 0.2) is 5.82 Å². The topological polar surface area (TPSA) is 77.7 Å². The average Bonchev–Trinajstić information content (AvgIpc) is 3.05. The lowest BCUT2D eigenvalue weighted by molar-refractivity contribution is 0.259. The van der Waals surface area contributed by atoms with Gasteiger partial charge < -0.3 is 9.97 Å². The van der Waals surface area contributed by atoms with Crippen LogP contribution in [0, 0.1) is 5.82 Å². The molecule has 6 nitrogen and oxygen atoms in total. The maximum absolute atomic E-state index is 13.8. The quantitative estimate of drug-likeness (QED) is 0.579. The van der Waals surface area contributed by atoms with E-state index in [0.717, 1.165) is 6.54 Å². The van der Waals surface area contributed by atoms with E-state index in [2.05, 4.69) is 24.8 Å². The highest BCUT2D eigenvalue weighted by molar-refractivity contribution is 5.77. The van der Waals surface area contributed by atoms with Gasteiger partial charge in [0.25, 0.3) is 5.56 Å². The van der Waals surface area contributed by atoms with E-state index in [1.807, 2.05) is 25.1 Å². The fourth-order valence-electron chi connectivity index (χ4n) is 3.04. The Labute approximate surface area is 148 Å². The van der Waals surface area contributed by atoms with Crippen molar-refractivity contribution in [3.05, 3.63) is 70.3 Å². The van der Waals surface area contributed by atoms with Crippen molar-refractivity contribution in [3.63, 3.8) is 0 Å². The summed E-state index contributed by atoms with van der Waals surface area (Å²) in [7, 11) is 0. The number of nitrogens with zero attached hydrogens (tertiary/aromatic N) is 3. The lowest BCUT2D eigenvalue weighted by Gasteiger charge is -2.18. The number of benzene rings is 2. The molecule has 0 amide bonds. The van der Waals surface area contributed by atoms with Crippen LogP contribution in [0.15, 0.2) is 47.3 Å². The van der Waals surface area contributed by atoms with Gasteiger partial charge in [-0.15, -0.1) is 0 Å². The van der Waals surface area contributed by atoms with Crippen molar-refractivity contribution in [3.8, 4) is 0 Å². The molecule has 4 aromatic rings. The second-order valence-corrected chi connectivity index (χ2v) is 6.15. The fourth-order valence-corrected chi connectivity index (χ4v) is 3.04. The zero-order valence-electron chi connectivity index (χ0n) is 14.3. The minimum Gasteiger partial charge on any atom is -0.341 e. The van der Waals surface area contributed by atoms with Gasteiger partial charge in [0, 0.05) is 0 Å². The molecular formula is C19H18FN5O. The molecule has 7 heteroatoms. The minimum atomic E-state index is -0.339. The number of aromatic amines is 2. The van der Waals surface area contributed by atoms with Crippen LogP contribution in [0.4, 0.5) is 4.39 Å². The first kappa shape index (κ1) is 16.4. The molecule has 0 aliphatic rings. The summed E-state index contributed by atoms with van der Waals surface area (Å²) in [6, 6.07) is 12.1. The summed E-state index contributed by atoms with van der Waals surface area (Å²) in [5, 5.41) is 0.576. The zero-order chi connectivity index (χ0) is 18.1. The normalized spacial score (nSPS) is 11.7. The van der Waals surface area contributed by atoms with E-state index in [-0.39, 0.29) is 11.4 Å². The molecule has 0 fully saturated rings. The molecule has 0 unspecified atom stereocenters. The van der Waals surface area contributed by atoms with Crippen LogP contribution in [0.3, 0.4) is 0 Å². The molecule has 0 bridgehead atoms. The highest BCUT2D eigenvalue weighted by Gasteiger charge is 2.12. The van der Waals surface area contributed by atoms with Gasteiger partial charge >= 0.3 is 0 Å². The lowest BCUT2D eigenvalue weighted by Crippen LogP contribution is -2.25. The van der Waals surface area contributed by atoms with Crippen LogP contribution in [-0.4, -0.2) is 31.4 Å². The van der Waals surface area contributed by atoms with Crippen molar-refractivity contribution in [2.45, 2.75) is 20.0 Å². The zero-order valence-corrected chi connectivity index (χ0v) is 14.3. The Hall–Kier alpha value is -3.06. The van der Waals surface area contributed by atoms with Crippen LogP contribution in [0.25, 0.3) is 21.9 Å². The molecular weight excluding hydrogens is 333 g/mol. The first-order valence-corrected chi connectivity index (χ1v) is 8.47. The number of hydrogen-bond donors (Lipinski definition) is 2. The number of para-hydroxylation sites is 2. The lowest BCUT2D eigenvalue weighted by atomic mass is 10.2. The fraction of sp³-hybridized carbons (Fsp3) is 0.211. The molecule has 0 aliphatic heterocycles. The van der Waals surface area contributed by atoms with Crippen molar-refractivity contribution >= 4 is 21.9 Å². The second-order valence-electron chi connectivity index (χ2n) is 6.15. The Balaban J connectivity index is 1.59. The third-order valence-electron chi connectivity index (χ3n) is 4.37. The summed E-state index contributed by atoms with van der Waals surface area (Å²) < 4.78 is 13.8. The smallest absolute Gasteiger partial charge is 0.258 e. The third kappa shape index (κ3) is 3.09. The number of hydrogen-bond acceptors (Lipinski definition) is 4. The summed E-state index contributed by atoms with van der Waals surface area (Å²) >= 11 is 0. The first-order chi connectivity index (χ1) is 12.6. The predicted octanol–water partition coefficient (Wildman–Crippen LogP) is 2.96. The minimum absolute atomic E-state index is 0.146. The van der Waals surface area contributed by atoms with Gasteiger partial charge in [0.1, 0.15) is 17.2 Å². The van der Waals surface area contributed by atoms with Gasteiger partial charge in [-0.1, -0.05) is 25.1 Å². The summed E-state index contributed by atoms with van der Waals surface area (Å²) in [6.45, 7) is 3.72. The van der Waals surface area contributed by atoms with E-state index < -0.39 is 0 Å². The number of nitrogens with one attached hydrogen (secondary N) is 2. The van der Waals surface area contributed by atoms with Crippen LogP contribution >= 0.6 is 0 Å². The van der Waals surface area contributed by atoms with E-state index in [9.17, 15) is 9.18 Å². The highest BCUT2D eigenvalue weighted by Crippen LogP contribution is 2.16. The van der Waals surface area contributed by atoms with Crippen LogP contribution < -0.4 is 5.56 Å². The molecule has 0 radical (unpaired) electrons. The van der Waals surface area contributed by atoms with E-state index in [1.54, 1.807) is 18.2 Å². The maximum Gasteiger partial charge on any atom is 0.258 e. The van der Waals surface area contributed by atoms with Crippen molar-refractivity contribution in [1.29, 1.82) is 0 Å². The van der Waals surface area contributed by atoms with Gasteiger partial charge in [-0.2, -0.15) is 0 Å². The first-order valence-electron chi connectivity index (χ1n) is 8.47. The summed E-state index contributed by atoms with van der Waals surface area (Å²) in [4.78, 5) is 29.1. The van der Waals surface area contributed by atoms with Crippen molar-refractivity contribution < 1.29 is 4.39 Å². The van der Waals surface area contributed by atoms with E-state index >= 15 is 0 Å². The molecule has 2 N–H and O–H groups in total. The van der Waals surface area contributed by atoms with Gasteiger partial charge in [-0.3, -0.25) is 9.69 Å². The van der Waals surface area contributed by atoms with Crippen molar-refractivity contribution in [2.24, 2.45) is 0 Å². The number of halogens is 1.